The highest BCUT2D eigenvalue weighted by atomic mass is 16.5. The molecule has 0 aromatic heterocycles. The van der Waals surface area contributed by atoms with Crippen LogP contribution >= 0.6 is 0 Å². The summed E-state index contributed by atoms with van der Waals surface area (Å²) in [7, 11) is 0. The number of anilines is 1. The highest BCUT2D eigenvalue weighted by Gasteiger charge is 2.18. The van der Waals surface area contributed by atoms with Crippen molar-refractivity contribution in [3.63, 3.8) is 0 Å². The molecule has 0 saturated heterocycles. The van der Waals surface area contributed by atoms with Gasteiger partial charge in [0.1, 0.15) is 6.61 Å². The van der Waals surface area contributed by atoms with Gasteiger partial charge in [0.05, 0.1) is 12.2 Å². The molecule has 5 nitrogen and oxygen atoms in total. The lowest BCUT2D eigenvalue weighted by Gasteiger charge is -2.09. The van der Waals surface area contributed by atoms with Gasteiger partial charge in [0.15, 0.2) is 5.78 Å². The van der Waals surface area contributed by atoms with Crippen LogP contribution in [0.5, 0.6) is 0 Å². The van der Waals surface area contributed by atoms with Gasteiger partial charge in [0, 0.05) is 11.3 Å². The quantitative estimate of drug-likeness (QED) is 0.354. The monoisotopic (exact) mass is 249 g/mol. The zero-order chi connectivity index (χ0) is 13.7. The largest absolute Gasteiger partial charge is 0.460 e. The van der Waals surface area contributed by atoms with Gasteiger partial charge in [-0.3, -0.25) is 4.79 Å². The highest BCUT2D eigenvalue weighted by molar-refractivity contribution is 6.14. The van der Waals surface area contributed by atoms with Gasteiger partial charge in [-0.25, -0.2) is 4.79 Å². The predicted octanol–water partition coefficient (Wildman–Crippen LogP) is 1.18. The molecule has 0 aliphatic carbocycles. The van der Waals surface area contributed by atoms with E-state index in [-0.39, 0.29) is 30.1 Å². The topological polar surface area (TPSA) is 89.6 Å². The molecule has 1 aromatic carbocycles. The Morgan fingerprint density at radius 1 is 1.39 bits per heavy atom. The fraction of sp³-hybridized carbons (Fsp3) is 0.231. The van der Waals surface area contributed by atoms with Crippen molar-refractivity contribution >= 4 is 17.4 Å². The van der Waals surface area contributed by atoms with E-state index in [1.807, 2.05) is 0 Å². The van der Waals surface area contributed by atoms with Gasteiger partial charge < -0.3 is 15.6 Å². The molecular weight excluding hydrogens is 234 g/mol. The van der Waals surface area contributed by atoms with Crippen molar-refractivity contribution in [3.05, 3.63) is 41.5 Å². The van der Waals surface area contributed by atoms with Gasteiger partial charge >= 0.3 is 5.97 Å². The molecule has 1 rings (SSSR count). The fourth-order valence-electron chi connectivity index (χ4n) is 1.37. The molecule has 96 valence electrons. The van der Waals surface area contributed by atoms with Crippen molar-refractivity contribution in [2.75, 3.05) is 18.9 Å². The lowest BCUT2D eigenvalue weighted by atomic mass is 9.99. The van der Waals surface area contributed by atoms with E-state index in [9.17, 15) is 9.59 Å². The fourth-order valence-corrected chi connectivity index (χ4v) is 1.37. The number of ketones is 1. The first-order chi connectivity index (χ1) is 8.47. The van der Waals surface area contributed by atoms with Crippen LogP contribution in [0.15, 0.2) is 30.4 Å². The second-order valence-electron chi connectivity index (χ2n) is 3.77. The third-order valence-corrected chi connectivity index (χ3v) is 2.22. The van der Waals surface area contributed by atoms with Crippen LogP contribution < -0.4 is 5.73 Å². The number of esters is 1. The first-order valence-electron chi connectivity index (χ1n) is 5.35. The lowest BCUT2D eigenvalue weighted by Crippen LogP contribution is -2.14. The van der Waals surface area contributed by atoms with Gasteiger partial charge in [-0.2, -0.15) is 0 Å². The molecule has 0 aliphatic heterocycles. The molecule has 0 spiro atoms. The molecule has 0 aliphatic rings. The SMILES string of the molecule is C=C(C)C(=O)c1cc(N)ccc1C(=O)OCCO. The molecule has 1 aromatic rings. The predicted molar refractivity (Wildman–Crippen MR) is 67.4 cm³/mol. The molecular formula is C13H15NO4. The van der Waals surface area contributed by atoms with Crippen molar-refractivity contribution in [3.8, 4) is 0 Å². The molecule has 0 saturated carbocycles. The van der Waals surface area contributed by atoms with Crippen molar-refractivity contribution in [1.82, 2.24) is 0 Å². The van der Waals surface area contributed by atoms with Crippen LogP contribution in [0, 0.1) is 0 Å². The van der Waals surface area contributed by atoms with Crippen LogP contribution in [0.2, 0.25) is 0 Å². The van der Waals surface area contributed by atoms with Crippen LogP contribution in [0.1, 0.15) is 27.6 Å². The molecule has 18 heavy (non-hydrogen) atoms. The third-order valence-electron chi connectivity index (χ3n) is 2.22. The number of Topliss-reactive ketones (excluding diaryl/α,β-unsaturated/α-hetero) is 1. The summed E-state index contributed by atoms with van der Waals surface area (Å²) in [4.78, 5) is 23.6. The number of aliphatic hydroxyl groups is 1. The maximum Gasteiger partial charge on any atom is 0.338 e. The van der Waals surface area contributed by atoms with E-state index in [2.05, 4.69) is 6.58 Å². The van der Waals surface area contributed by atoms with Crippen molar-refractivity contribution in [2.24, 2.45) is 0 Å². The van der Waals surface area contributed by atoms with E-state index in [0.29, 0.717) is 11.3 Å². The zero-order valence-corrected chi connectivity index (χ0v) is 10.1. The van der Waals surface area contributed by atoms with E-state index < -0.39 is 5.97 Å². The average molecular weight is 249 g/mol. The Morgan fingerprint density at radius 2 is 2.06 bits per heavy atom. The van der Waals surface area contributed by atoms with Gasteiger partial charge in [-0.05, 0) is 30.7 Å². The molecule has 0 bridgehead atoms. The number of aliphatic hydroxyl groups excluding tert-OH is 1. The minimum absolute atomic E-state index is 0.116. The number of nitrogen functional groups attached to an aromatic ring is 1. The van der Waals surface area contributed by atoms with Crippen molar-refractivity contribution in [2.45, 2.75) is 6.92 Å². The van der Waals surface area contributed by atoms with E-state index in [0.717, 1.165) is 0 Å². The molecule has 0 atom stereocenters. The van der Waals surface area contributed by atoms with Gasteiger partial charge in [0.2, 0.25) is 0 Å². The first-order valence-corrected chi connectivity index (χ1v) is 5.35. The summed E-state index contributed by atoms with van der Waals surface area (Å²) in [5.74, 6) is -1.04. The summed E-state index contributed by atoms with van der Waals surface area (Å²) in [6, 6.07) is 4.34. The molecule has 5 heteroatoms. The van der Waals surface area contributed by atoms with Gasteiger partial charge in [0.25, 0.3) is 0 Å². The Kier molecular flexibility index (Phi) is 4.62. The number of ether oxygens (including phenoxy) is 1. The van der Waals surface area contributed by atoms with E-state index in [1.54, 1.807) is 6.92 Å². The number of benzene rings is 1. The number of hydrogen-bond donors (Lipinski definition) is 2. The Hall–Kier alpha value is -2.14. The Balaban J connectivity index is 3.15. The van der Waals surface area contributed by atoms with Crippen LogP contribution in [0.3, 0.4) is 0 Å². The van der Waals surface area contributed by atoms with E-state index >= 15 is 0 Å². The van der Waals surface area contributed by atoms with Gasteiger partial charge in [-0.15, -0.1) is 0 Å². The Morgan fingerprint density at radius 3 is 2.61 bits per heavy atom. The van der Waals surface area contributed by atoms with E-state index in [4.69, 9.17) is 15.6 Å². The first kappa shape index (κ1) is 13.9. The molecule has 0 fully saturated rings. The zero-order valence-electron chi connectivity index (χ0n) is 10.1. The maximum absolute atomic E-state index is 11.9. The summed E-state index contributed by atoms with van der Waals surface area (Å²) in [5, 5.41) is 8.59. The smallest absolute Gasteiger partial charge is 0.338 e. The second-order valence-corrected chi connectivity index (χ2v) is 3.77. The van der Waals surface area contributed by atoms with Crippen LogP contribution in [-0.4, -0.2) is 30.1 Å². The van der Waals surface area contributed by atoms with Crippen LogP contribution in [0.4, 0.5) is 5.69 Å². The molecule has 0 radical (unpaired) electrons. The average Bonchev–Trinajstić information content (AvgIpc) is 2.34. The second kappa shape index (κ2) is 5.97. The number of hydrogen-bond acceptors (Lipinski definition) is 5. The lowest BCUT2D eigenvalue weighted by molar-refractivity contribution is 0.0431. The Bertz CT molecular complexity index is 494. The number of allylic oxidation sites excluding steroid dienone is 1. The summed E-state index contributed by atoms with van der Waals surface area (Å²) in [5.41, 5.74) is 6.54. The van der Waals surface area contributed by atoms with Gasteiger partial charge in [-0.1, -0.05) is 6.58 Å². The van der Waals surface area contributed by atoms with Crippen molar-refractivity contribution < 1.29 is 19.4 Å². The summed E-state index contributed by atoms with van der Waals surface area (Å²) >= 11 is 0. The number of nitrogens with two attached hydrogens (primary N) is 1. The number of carbonyl (C=O) groups is 2. The van der Waals surface area contributed by atoms with Crippen LogP contribution in [-0.2, 0) is 4.74 Å². The van der Waals surface area contributed by atoms with E-state index in [1.165, 1.54) is 18.2 Å². The summed E-state index contributed by atoms with van der Waals surface area (Å²) < 4.78 is 4.78. The molecule has 3 N–H and O–H groups in total. The summed E-state index contributed by atoms with van der Waals surface area (Å²) in [6.45, 7) is 4.70. The summed E-state index contributed by atoms with van der Waals surface area (Å²) in [6.07, 6.45) is 0. The number of rotatable bonds is 5. The minimum atomic E-state index is -0.673. The molecule has 0 heterocycles. The van der Waals surface area contributed by atoms with Crippen molar-refractivity contribution in [1.29, 1.82) is 0 Å². The molecule has 0 unspecified atom stereocenters. The Labute approximate surface area is 105 Å². The highest BCUT2D eigenvalue weighted by Crippen LogP contribution is 2.18. The van der Waals surface area contributed by atoms with Crippen LogP contribution in [0.25, 0.3) is 0 Å². The normalized spacial score (nSPS) is 9.89. The standard InChI is InChI=1S/C13H15NO4/c1-8(2)12(16)11-7-9(14)3-4-10(11)13(17)18-6-5-15/h3-4,7,15H,1,5-6,14H2,2H3. The minimum Gasteiger partial charge on any atom is -0.460 e. The number of carbonyl (C=O) groups excluding carboxylic acids is 2. The third kappa shape index (κ3) is 3.18. The molecule has 0 amide bonds. The maximum atomic E-state index is 11.9.